The lowest BCUT2D eigenvalue weighted by molar-refractivity contribution is 0.239. The maximum atomic E-state index is 12.8. The molecule has 3 aromatic rings. The Bertz CT molecular complexity index is 1010. The van der Waals surface area contributed by atoms with E-state index in [1.807, 2.05) is 24.3 Å². The number of rotatable bonds is 3. The van der Waals surface area contributed by atoms with E-state index in [1.54, 1.807) is 0 Å². The van der Waals surface area contributed by atoms with Gasteiger partial charge in [0.1, 0.15) is 0 Å². The molecule has 0 amide bonds. The zero-order valence-corrected chi connectivity index (χ0v) is 15.2. The molecule has 1 aromatic heterocycles. The highest BCUT2D eigenvalue weighted by molar-refractivity contribution is 5.59. The fourth-order valence-corrected chi connectivity index (χ4v) is 4.21. The van der Waals surface area contributed by atoms with Crippen molar-refractivity contribution in [2.24, 2.45) is 0 Å². The van der Waals surface area contributed by atoms with Crippen molar-refractivity contribution in [3.63, 3.8) is 0 Å². The van der Waals surface area contributed by atoms with Gasteiger partial charge in [-0.25, -0.2) is 0 Å². The fraction of sp³-hybridized carbons (Fsp3) is 0.273. The number of fused-ring (bicyclic) bond motifs is 3. The number of hydrogen-bond donors (Lipinski definition) is 0. The molecule has 0 spiro atoms. The van der Waals surface area contributed by atoms with E-state index in [0.717, 1.165) is 49.8 Å². The summed E-state index contributed by atoms with van der Waals surface area (Å²) in [5.74, 6) is 0.793. The van der Waals surface area contributed by atoms with Crippen molar-refractivity contribution in [2.75, 3.05) is 18.0 Å². The van der Waals surface area contributed by atoms with Gasteiger partial charge in [0.15, 0.2) is 0 Å². The van der Waals surface area contributed by atoms with Crippen LogP contribution < -0.4 is 10.5 Å². The summed E-state index contributed by atoms with van der Waals surface area (Å²) in [6, 6.07) is 20.6. The Hall–Kier alpha value is -2.92. The molecule has 27 heavy (non-hydrogen) atoms. The Morgan fingerprint density at radius 1 is 0.889 bits per heavy atom. The smallest absolute Gasteiger partial charge is 0.279 e. The van der Waals surface area contributed by atoms with Crippen LogP contribution in [0, 0.1) is 0 Å². The second kappa shape index (κ2) is 6.67. The third-order valence-corrected chi connectivity index (χ3v) is 5.53. The molecular formula is C22H22N4O. The van der Waals surface area contributed by atoms with E-state index in [1.165, 1.54) is 11.3 Å². The number of para-hydroxylation sites is 1. The van der Waals surface area contributed by atoms with Gasteiger partial charge in [-0.1, -0.05) is 48.5 Å². The van der Waals surface area contributed by atoms with E-state index in [0.29, 0.717) is 6.54 Å². The van der Waals surface area contributed by atoms with Crippen molar-refractivity contribution in [3.05, 3.63) is 87.8 Å². The van der Waals surface area contributed by atoms with E-state index < -0.39 is 0 Å². The first kappa shape index (κ1) is 16.3. The maximum Gasteiger partial charge on any atom is 0.279 e. The number of aromatic nitrogens is 2. The van der Waals surface area contributed by atoms with E-state index in [9.17, 15) is 4.79 Å². The van der Waals surface area contributed by atoms with Crippen LogP contribution in [0.3, 0.4) is 0 Å². The first-order valence-corrected chi connectivity index (χ1v) is 9.51. The van der Waals surface area contributed by atoms with Gasteiger partial charge < -0.3 is 9.47 Å². The minimum Gasteiger partial charge on any atom is -0.313 e. The zero-order valence-electron chi connectivity index (χ0n) is 15.2. The van der Waals surface area contributed by atoms with Crippen molar-refractivity contribution in [1.82, 2.24) is 14.5 Å². The Morgan fingerprint density at radius 3 is 2.41 bits per heavy atom. The third-order valence-electron chi connectivity index (χ3n) is 5.53. The Kier molecular flexibility index (Phi) is 4.02. The summed E-state index contributed by atoms with van der Waals surface area (Å²) < 4.78 is 2.25. The molecule has 3 heterocycles. The van der Waals surface area contributed by atoms with Crippen LogP contribution in [0.4, 0.5) is 11.6 Å². The van der Waals surface area contributed by atoms with Crippen LogP contribution in [-0.4, -0.2) is 27.5 Å². The van der Waals surface area contributed by atoms with Crippen molar-refractivity contribution in [2.45, 2.75) is 26.1 Å². The van der Waals surface area contributed by atoms with Gasteiger partial charge >= 0.3 is 0 Å². The van der Waals surface area contributed by atoms with Crippen LogP contribution in [0.25, 0.3) is 0 Å². The Labute approximate surface area is 158 Å². The van der Waals surface area contributed by atoms with Crippen LogP contribution >= 0.6 is 0 Å². The fourth-order valence-electron chi connectivity index (χ4n) is 4.21. The quantitative estimate of drug-likeness (QED) is 0.722. The van der Waals surface area contributed by atoms with Gasteiger partial charge in [0.2, 0.25) is 5.95 Å². The molecule has 0 radical (unpaired) electrons. The molecular weight excluding hydrogens is 336 g/mol. The molecule has 0 saturated carbocycles. The van der Waals surface area contributed by atoms with E-state index in [-0.39, 0.29) is 5.56 Å². The molecule has 2 aromatic carbocycles. The molecule has 5 nitrogen and oxygen atoms in total. The highest BCUT2D eigenvalue weighted by atomic mass is 16.1. The lowest BCUT2D eigenvalue weighted by Crippen LogP contribution is -2.37. The standard InChI is InChI=1S/C22H22N4O/c27-21-19-16-24(15-17-7-3-1-4-8-17)12-11-20(19)26-14-13-25(22(26)23-21)18-9-5-2-6-10-18/h1-10H,11-16H2. The lowest BCUT2D eigenvalue weighted by atomic mass is 10.1. The van der Waals surface area contributed by atoms with Crippen LogP contribution in [0.15, 0.2) is 65.5 Å². The van der Waals surface area contributed by atoms with E-state index in [4.69, 9.17) is 0 Å². The summed E-state index contributed by atoms with van der Waals surface area (Å²) in [6.45, 7) is 4.27. The second-order valence-electron chi connectivity index (χ2n) is 7.23. The monoisotopic (exact) mass is 358 g/mol. The molecule has 0 aliphatic carbocycles. The first-order chi connectivity index (χ1) is 13.3. The molecule has 2 aliphatic rings. The minimum absolute atomic E-state index is 0.0724. The summed E-state index contributed by atoms with van der Waals surface area (Å²) in [6.07, 6.45) is 0.898. The van der Waals surface area contributed by atoms with Crippen LogP contribution in [0.1, 0.15) is 16.8 Å². The van der Waals surface area contributed by atoms with Crippen LogP contribution in [0.2, 0.25) is 0 Å². The molecule has 0 unspecified atom stereocenters. The number of hydrogen-bond acceptors (Lipinski definition) is 4. The third kappa shape index (κ3) is 2.94. The van der Waals surface area contributed by atoms with Crippen LogP contribution in [0.5, 0.6) is 0 Å². The van der Waals surface area contributed by atoms with Gasteiger partial charge in [0.25, 0.3) is 5.56 Å². The number of anilines is 2. The molecule has 5 rings (SSSR count). The van der Waals surface area contributed by atoms with Crippen LogP contribution in [-0.2, 0) is 26.1 Å². The van der Waals surface area contributed by atoms with Crippen molar-refractivity contribution < 1.29 is 0 Å². The summed E-state index contributed by atoms with van der Waals surface area (Å²) in [7, 11) is 0. The molecule has 0 bridgehead atoms. The van der Waals surface area contributed by atoms with E-state index in [2.05, 4.69) is 55.7 Å². The Morgan fingerprint density at radius 2 is 1.63 bits per heavy atom. The summed E-state index contributed by atoms with van der Waals surface area (Å²) in [5.41, 5.74) is 4.35. The Balaban J connectivity index is 1.46. The number of nitrogens with zero attached hydrogens (tertiary/aromatic N) is 4. The highest BCUT2D eigenvalue weighted by Crippen LogP contribution is 2.30. The summed E-state index contributed by atoms with van der Waals surface area (Å²) in [4.78, 5) is 21.8. The largest absolute Gasteiger partial charge is 0.313 e. The lowest BCUT2D eigenvalue weighted by Gasteiger charge is -2.30. The van der Waals surface area contributed by atoms with Gasteiger partial charge in [-0.3, -0.25) is 9.69 Å². The highest BCUT2D eigenvalue weighted by Gasteiger charge is 2.29. The molecule has 0 N–H and O–H groups in total. The molecule has 0 fully saturated rings. The van der Waals surface area contributed by atoms with Gasteiger partial charge in [0, 0.05) is 50.5 Å². The van der Waals surface area contributed by atoms with Gasteiger partial charge in [-0.05, 0) is 17.7 Å². The van der Waals surface area contributed by atoms with Crippen molar-refractivity contribution >= 4 is 11.6 Å². The van der Waals surface area contributed by atoms with Gasteiger partial charge in [-0.15, -0.1) is 0 Å². The van der Waals surface area contributed by atoms with E-state index >= 15 is 0 Å². The molecule has 136 valence electrons. The van der Waals surface area contributed by atoms with Gasteiger partial charge in [-0.2, -0.15) is 4.98 Å². The maximum absolute atomic E-state index is 12.8. The average molecular weight is 358 g/mol. The second-order valence-corrected chi connectivity index (χ2v) is 7.23. The zero-order chi connectivity index (χ0) is 18.2. The molecule has 0 atom stereocenters. The van der Waals surface area contributed by atoms with Crippen molar-refractivity contribution in [1.29, 1.82) is 0 Å². The average Bonchev–Trinajstić information content (AvgIpc) is 3.13. The SMILES string of the molecule is O=c1nc2n(c3c1CN(Cc1ccccc1)CC3)CCN2c1ccccc1. The predicted molar refractivity (Wildman–Crippen MR) is 106 cm³/mol. The number of benzene rings is 2. The molecule has 2 aliphatic heterocycles. The summed E-state index contributed by atoms with van der Waals surface area (Å²) in [5, 5.41) is 0. The molecule has 0 saturated heterocycles. The topological polar surface area (TPSA) is 41.4 Å². The predicted octanol–water partition coefficient (Wildman–Crippen LogP) is 2.95. The summed E-state index contributed by atoms with van der Waals surface area (Å²) >= 11 is 0. The van der Waals surface area contributed by atoms with Gasteiger partial charge in [0.05, 0.1) is 5.56 Å². The normalized spacial score (nSPS) is 16.2. The van der Waals surface area contributed by atoms with Crippen molar-refractivity contribution in [3.8, 4) is 0 Å². The first-order valence-electron chi connectivity index (χ1n) is 9.51. The molecule has 5 heteroatoms. The minimum atomic E-state index is -0.0724.